The van der Waals surface area contributed by atoms with Crippen molar-refractivity contribution in [2.45, 2.75) is 35.9 Å². The van der Waals surface area contributed by atoms with Crippen LogP contribution in [-0.2, 0) is 15.3 Å². The number of aliphatic hydroxyl groups excluding tert-OH is 1. The van der Waals surface area contributed by atoms with Crippen molar-refractivity contribution in [1.29, 1.82) is 0 Å². The Labute approximate surface area is 292 Å². The van der Waals surface area contributed by atoms with Crippen LogP contribution < -0.4 is 23.8 Å². The van der Waals surface area contributed by atoms with E-state index in [0.717, 1.165) is 29.2 Å². The fourth-order valence-electron chi connectivity index (χ4n) is 5.70. The largest absolute Gasteiger partial charge is 0.507 e. The quantitative estimate of drug-likeness (QED) is 0.0326. The van der Waals surface area contributed by atoms with Gasteiger partial charge in [-0.1, -0.05) is 85.0 Å². The number of unbranched alkanes of at least 4 members (excludes halogenated alkanes) is 1. The molecule has 6 rings (SSSR count). The number of ketones is 1. The van der Waals surface area contributed by atoms with Crippen LogP contribution in [0.15, 0.2) is 88.8 Å². The molecule has 1 saturated heterocycles. The minimum absolute atomic E-state index is 0.112. The summed E-state index contributed by atoms with van der Waals surface area (Å²) in [5, 5.41) is 23.0. The fraction of sp³-hybridized carbons (Fsp3) is 0.243. The molecule has 1 aliphatic rings. The first-order chi connectivity index (χ1) is 23.9. The van der Waals surface area contributed by atoms with Crippen molar-refractivity contribution >= 4 is 56.5 Å². The summed E-state index contributed by atoms with van der Waals surface area (Å²) in [5.74, 6) is 0.313. The molecule has 0 unspecified atom stereocenters. The number of benzene rings is 4. The van der Waals surface area contributed by atoms with E-state index in [1.807, 2.05) is 18.2 Å². The lowest BCUT2D eigenvalue weighted by Crippen LogP contribution is -2.29. The third-order valence-corrected chi connectivity index (χ3v) is 10.3. The number of carbonyl (C=O) groups excluding carboxylic acids is 2. The Kier molecular flexibility index (Phi) is 10.4. The van der Waals surface area contributed by atoms with Gasteiger partial charge < -0.3 is 24.1 Å². The Balaban J connectivity index is 1.40. The summed E-state index contributed by atoms with van der Waals surface area (Å²) in [6, 6.07) is 23.3. The number of fused-ring (bicyclic) bond motifs is 1. The van der Waals surface area contributed by atoms with Crippen LogP contribution in [0.1, 0.15) is 42.5 Å². The molecule has 0 spiro atoms. The highest BCUT2D eigenvalue weighted by atomic mass is 32.2. The van der Waals surface area contributed by atoms with Crippen LogP contribution in [0.4, 0.5) is 5.13 Å². The molecule has 0 saturated carbocycles. The maximum absolute atomic E-state index is 13.9. The van der Waals surface area contributed by atoms with E-state index in [-0.39, 0.29) is 22.0 Å². The van der Waals surface area contributed by atoms with E-state index >= 15 is 0 Å². The summed E-state index contributed by atoms with van der Waals surface area (Å²) in [6.45, 7) is 2.58. The molecule has 1 N–H and O–H groups in total. The summed E-state index contributed by atoms with van der Waals surface area (Å²) >= 11 is 2.70. The third kappa shape index (κ3) is 6.79. The summed E-state index contributed by atoms with van der Waals surface area (Å²) < 4.78 is 23.0. The molecule has 12 heteroatoms. The number of anilines is 1. The molecule has 4 aromatic carbocycles. The molecule has 1 atom stereocenters. The number of nitrogens with zero attached hydrogens (tertiary/aromatic N) is 3. The van der Waals surface area contributed by atoms with E-state index in [9.17, 15) is 14.7 Å². The minimum Gasteiger partial charge on any atom is -0.507 e. The summed E-state index contributed by atoms with van der Waals surface area (Å²) in [4.78, 5) is 29.0. The SMILES string of the molecule is CCCCOc1ccc([C@H]2C(=C(O)c3ccc(OC)c(OC)c3)C(=O)C(=O)N2c2nnc(SCc3cccc4ccccc34)s2)cc1OC. The number of amides is 1. The lowest BCUT2D eigenvalue weighted by atomic mass is 9.95. The summed E-state index contributed by atoms with van der Waals surface area (Å²) in [6.07, 6.45) is 1.84. The molecular formula is C37H35N3O7S2. The first-order valence-corrected chi connectivity index (χ1v) is 17.5. The number of aliphatic hydroxyl groups is 1. The number of carbonyl (C=O) groups is 2. The lowest BCUT2D eigenvalue weighted by molar-refractivity contribution is -0.132. The second-order valence-electron chi connectivity index (χ2n) is 11.1. The van der Waals surface area contributed by atoms with Crippen molar-refractivity contribution in [2.24, 2.45) is 0 Å². The molecular weight excluding hydrogens is 663 g/mol. The van der Waals surface area contributed by atoms with Crippen LogP contribution in [0.25, 0.3) is 16.5 Å². The van der Waals surface area contributed by atoms with Crippen molar-refractivity contribution in [3.8, 4) is 23.0 Å². The normalized spacial score (nSPS) is 15.5. The molecule has 0 aliphatic carbocycles. The van der Waals surface area contributed by atoms with E-state index in [0.29, 0.717) is 45.3 Å². The van der Waals surface area contributed by atoms with E-state index < -0.39 is 17.7 Å². The first-order valence-electron chi connectivity index (χ1n) is 15.7. The maximum Gasteiger partial charge on any atom is 0.301 e. The van der Waals surface area contributed by atoms with Gasteiger partial charge in [-0.25, -0.2) is 0 Å². The van der Waals surface area contributed by atoms with E-state index in [1.54, 1.807) is 36.4 Å². The molecule has 1 aromatic heterocycles. The van der Waals surface area contributed by atoms with E-state index in [4.69, 9.17) is 18.9 Å². The van der Waals surface area contributed by atoms with Gasteiger partial charge in [0, 0.05) is 11.3 Å². The van der Waals surface area contributed by atoms with Crippen molar-refractivity contribution in [1.82, 2.24) is 10.2 Å². The van der Waals surface area contributed by atoms with E-state index in [1.165, 1.54) is 49.3 Å². The van der Waals surface area contributed by atoms with Crippen LogP contribution in [-0.4, -0.2) is 54.9 Å². The topological polar surface area (TPSA) is 120 Å². The monoisotopic (exact) mass is 697 g/mol. The zero-order valence-corrected chi connectivity index (χ0v) is 29.1. The number of hydrogen-bond donors (Lipinski definition) is 1. The average molecular weight is 698 g/mol. The van der Waals surface area contributed by atoms with Crippen LogP contribution >= 0.6 is 23.1 Å². The Morgan fingerprint density at radius 3 is 2.39 bits per heavy atom. The molecule has 10 nitrogen and oxygen atoms in total. The van der Waals surface area contributed by atoms with Crippen molar-refractivity contribution in [3.05, 3.63) is 101 Å². The molecule has 1 fully saturated rings. The molecule has 1 amide bonds. The summed E-state index contributed by atoms with van der Waals surface area (Å²) in [5.41, 5.74) is 1.82. The molecule has 2 heterocycles. The Hall–Kier alpha value is -5.07. The van der Waals surface area contributed by atoms with Gasteiger partial charge in [0.1, 0.15) is 5.76 Å². The lowest BCUT2D eigenvalue weighted by Gasteiger charge is -2.23. The van der Waals surface area contributed by atoms with Crippen LogP contribution in [0, 0.1) is 0 Å². The smallest absolute Gasteiger partial charge is 0.301 e. The molecule has 252 valence electrons. The molecule has 0 bridgehead atoms. The van der Waals surface area contributed by atoms with Crippen LogP contribution in [0.2, 0.25) is 0 Å². The maximum atomic E-state index is 13.9. The highest BCUT2D eigenvalue weighted by Gasteiger charge is 2.48. The Morgan fingerprint density at radius 1 is 0.878 bits per heavy atom. The average Bonchev–Trinajstić information content (AvgIpc) is 3.71. The highest BCUT2D eigenvalue weighted by Crippen LogP contribution is 2.46. The van der Waals surface area contributed by atoms with Crippen molar-refractivity contribution in [3.63, 3.8) is 0 Å². The Morgan fingerprint density at radius 2 is 1.61 bits per heavy atom. The molecule has 49 heavy (non-hydrogen) atoms. The van der Waals surface area contributed by atoms with Gasteiger partial charge in [0.2, 0.25) is 5.13 Å². The molecule has 1 aliphatic heterocycles. The fourth-order valence-corrected chi connectivity index (χ4v) is 7.57. The van der Waals surface area contributed by atoms with Gasteiger partial charge in [0.15, 0.2) is 27.3 Å². The highest BCUT2D eigenvalue weighted by molar-refractivity contribution is 8.00. The van der Waals surface area contributed by atoms with Crippen LogP contribution in [0.3, 0.4) is 0 Å². The van der Waals surface area contributed by atoms with E-state index in [2.05, 4.69) is 41.4 Å². The predicted molar refractivity (Wildman–Crippen MR) is 191 cm³/mol. The molecule has 0 radical (unpaired) electrons. The van der Waals surface area contributed by atoms with Gasteiger partial charge in [-0.2, -0.15) is 0 Å². The second kappa shape index (κ2) is 15.0. The zero-order valence-electron chi connectivity index (χ0n) is 27.5. The van der Waals surface area contributed by atoms with Crippen LogP contribution in [0.5, 0.6) is 23.0 Å². The van der Waals surface area contributed by atoms with Crippen molar-refractivity contribution < 1.29 is 33.6 Å². The Bertz CT molecular complexity index is 2040. The number of Topliss-reactive ketones (excluding diaryl/α,β-unsaturated/α-hetero) is 1. The van der Waals surface area contributed by atoms with Gasteiger partial charge in [0.25, 0.3) is 5.78 Å². The minimum atomic E-state index is -1.05. The third-order valence-electron chi connectivity index (χ3n) is 8.19. The first kappa shape index (κ1) is 33.8. The number of thioether (sulfide) groups is 1. The predicted octanol–water partition coefficient (Wildman–Crippen LogP) is 7.81. The van der Waals surface area contributed by atoms with Gasteiger partial charge in [0.05, 0.1) is 39.6 Å². The van der Waals surface area contributed by atoms with Crippen molar-refractivity contribution in [2.75, 3.05) is 32.8 Å². The standard InChI is InChI=1S/C37H35N3O7S2/c1-5-6-18-47-28-17-14-23(19-30(28)46-4)32-31(33(41)24-15-16-27(44-2)29(20-24)45-3)34(42)35(43)40(32)36-38-39-37(49-36)48-21-25-12-9-11-22-10-7-8-13-26(22)25/h7-17,19-20,32,41H,5-6,18,21H2,1-4H3/t32-/m0/s1. The number of methoxy groups -OCH3 is 3. The van der Waals surface area contributed by atoms with Gasteiger partial charge >= 0.3 is 5.91 Å². The van der Waals surface area contributed by atoms with Gasteiger partial charge in [-0.15, -0.1) is 10.2 Å². The zero-order chi connectivity index (χ0) is 34.5. The summed E-state index contributed by atoms with van der Waals surface area (Å²) in [7, 11) is 4.50. The molecule has 5 aromatic rings. The second-order valence-corrected chi connectivity index (χ2v) is 13.3. The number of hydrogen-bond acceptors (Lipinski definition) is 11. The number of aromatic nitrogens is 2. The number of ether oxygens (including phenoxy) is 4. The number of rotatable bonds is 13. The van der Waals surface area contributed by atoms with Gasteiger partial charge in [-0.3, -0.25) is 14.5 Å². The van der Waals surface area contributed by atoms with Gasteiger partial charge in [-0.05, 0) is 58.7 Å².